The molecule has 1 aliphatic rings. The molecule has 0 aromatic heterocycles. The van der Waals surface area contributed by atoms with Crippen LogP contribution in [0.3, 0.4) is 0 Å². The molecule has 6 heteroatoms. The second kappa shape index (κ2) is 4.83. The minimum atomic E-state index is -3.39. The first kappa shape index (κ1) is 14.6. The molecular weight excluding hydrogens is 302 g/mol. The van der Waals surface area contributed by atoms with Crippen LogP contribution in [0, 0.1) is 0 Å². The van der Waals surface area contributed by atoms with E-state index in [1.54, 1.807) is 12.1 Å². The van der Waals surface area contributed by atoms with Gasteiger partial charge in [0.25, 0.3) is 10.0 Å². The fraction of sp³-hybridized carbons (Fsp3) is 0.333. The summed E-state index contributed by atoms with van der Waals surface area (Å²) in [5.41, 5.74) is 1.81. The van der Waals surface area contributed by atoms with Crippen LogP contribution in [0.1, 0.15) is 5.56 Å². The molecule has 1 aliphatic heterocycles. The zero-order valence-electron chi connectivity index (χ0n) is 12.4. The molecule has 2 aromatic carbocycles. The Hall–Kier alpha value is -1.37. The van der Waals surface area contributed by atoms with Gasteiger partial charge in [-0.1, -0.05) is 18.2 Å². The second-order valence-electron chi connectivity index (χ2n) is 6.27. The fourth-order valence-electron chi connectivity index (χ4n) is 2.63. The maximum atomic E-state index is 12.1. The predicted octanol–water partition coefficient (Wildman–Crippen LogP) is 3.35. The number of anilines is 1. The Balaban J connectivity index is 2.00. The van der Waals surface area contributed by atoms with Crippen LogP contribution in [0.5, 0.6) is 0 Å². The Bertz CT molecular complexity index is 810. The van der Waals surface area contributed by atoms with Crippen LogP contribution in [0.25, 0.3) is 10.8 Å². The smallest absolute Gasteiger partial charge is 0.262 e. The first-order valence-electron chi connectivity index (χ1n) is 6.99. The molecule has 112 valence electrons. The van der Waals surface area contributed by atoms with Gasteiger partial charge in [0, 0.05) is 12.0 Å². The summed E-state index contributed by atoms with van der Waals surface area (Å²) in [5, 5.41) is 1.81. The Kier molecular flexibility index (Phi) is 3.35. The molecule has 0 saturated heterocycles. The Morgan fingerprint density at radius 3 is 2.62 bits per heavy atom. The van der Waals surface area contributed by atoms with Crippen LogP contribution >= 0.6 is 0 Å². The van der Waals surface area contributed by atoms with Crippen molar-refractivity contribution in [3.05, 3.63) is 35.9 Å². The highest BCUT2D eigenvalue weighted by Gasteiger charge is 2.27. The standard InChI is InChI=1S/C15H19NO3SSi/c1-21(2,3)19-10-9-11-7-8-13-15-12(11)5-4-6-14(15)20(17,18)16-13/h4-8,16H,9-10H2,1-3H3. The molecule has 0 spiro atoms. The maximum absolute atomic E-state index is 12.1. The van der Waals surface area contributed by atoms with Gasteiger partial charge in [0.15, 0.2) is 8.32 Å². The molecule has 1 heterocycles. The summed E-state index contributed by atoms with van der Waals surface area (Å²) in [6, 6.07) is 9.27. The molecule has 0 saturated carbocycles. The fourth-order valence-corrected chi connectivity index (χ4v) is 4.66. The van der Waals surface area contributed by atoms with Crippen LogP contribution in [-0.4, -0.2) is 23.3 Å². The largest absolute Gasteiger partial charge is 0.417 e. The Labute approximate surface area is 126 Å². The van der Waals surface area contributed by atoms with E-state index >= 15 is 0 Å². The third-order valence-electron chi connectivity index (χ3n) is 3.53. The van der Waals surface area contributed by atoms with Gasteiger partial charge in [0.2, 0.25) is 0 Å². The van der Waals surface area contributed by atoms with E-state index in [1.807, 2.05) is 18.2 Å². The lowest BCUT2D eigenvalue weighted by atomic mass is 10.0. The van der Waals surface area contributed by atoms with Gasteiger partial charge in [-0.05, 0) is 49.1 Å². The normalized spacial score (nSPS) is 16.1. The van der Waals surface area contributed by atoms with Crippen molar-refractivity contribution in [1.82, 2.24) is 0 Å². The zero-order valence-corrected chi connectivity index (χ0v) is 14.3. The molecule has 21 heavy (non-hydrogen) atoms. The first-order chi connectivity index (χ1) is 9.78. The number of rotatable bonds is 4. The molecule has 0 bridgehead atoms. The van der Waals surface area contributed by atoms with Crippen molar-refractivity contribution in [2.24, 2.45) is 0 Å². The highest BCUT2D eigenvalue weighted by atomic mass is 32.2. The van der Waals surface area contributed by atoms with Gasteiger partial charge < -0.3 is 4.43 Å². The van der Waals surface area contributed by atoms with Crippen LogP contribution in [0.15, 0.2) is 35.2 Å². The molecule has 2 aromatic rings. The summed E-state index contributed by atoms with van der Waals surface area (Å²) in [7, 11) is -4.91. The summed E-state index contributed by atoms with van der Waals surface area (Å²) in [6.07, 6.45) is 0.796. The van der Waals surface area contributed by atoms with Gasteiger partial charge in [-0.15, -0.1) is 0 Å². The second-order valence-corrected chi connectivity index (χ2v) is 12.4. The van der Waals surface area contributed by atoms with E-state index < -0.39 is 18.3 Å². The molecule has 0 aliphatic carbocycles. The average molecular weight is 321 g/mol. The van der Waals surface area contributed by atoms with Gasteiger partial charge in [0.05, 0.1) is 10.6 Å². The van der Waals surface area contributed by atoms with Gasteiger partial charge in [-0.2, -0.15) is 0 Å². The average Bonchev–Trinajstić information content (AvgIpc) is 2.64. The predicted molar refractivity (Wildman–Crippen MR) is 87.8 cm³/mol. The highest BCUT2D eigenvalue weighted by Crippen LogP contribution is 2.38. The summed E-state index contributed by atoms with van der Waals surface area (Å²) < 4.78 is 32.6. The van der Waals surface area contributed by atoms with Crippen molar-refractivity contribution in [3.63, 3.8) is 0 Å². The minimum absolute atomic E-state index is 0.378. The van der Waals surface area contributed by atoms with E-state index in [-0.39, 0.29) is 0 Å². The van der Waals surface area contributed by atoms with Crippen molar-refractivity contribution in [2.75, 3.05) is 11.3 Å². The minimum Gasteiger partial charge on any atom is -0.417 e. The van der Waals surface area contributed by atoms with Crippen molar-refractivity contribution < 1.29 is 12.8 Å². The lowest BCUT2D eigenvalue weighted by Crippen LogP contribution is -2.26. The molecule has 0 fully saturated rings. The van der Waals surface area contributed by atoms with Gasteiger partial charge in [-0.25, -0.2) is 8.42 Å². The molecule has 4 nitrogen and oxygen atoms in total. The van der Waals surface area contributed by atoms with E-state index in [4.69, 9.17) is 4.43 Å². The molecular formula is C15H19NO3SSi. The van der Waals surface area contributed by atoms with Gasteiger partial charge in [-0.3, -0.25) is 4.72 Å². The molecule has 0 unspecified atom stereocenters. The van der Waals surface area contributed by atoms with Crippen LogP contribution < -0.4 is 4.72 Å². The quantitative estimate of drug-likeness (QED) is 0.879. The molecule has 0 radical (unpaired) electrons. The summed E-state index contributed by atoms with van der Waals surface area (Å²) >= 11 is 0. The first-order valence-corrected chi connectivity index (χ1v) is 11.9. The topological polar surface area (TPSA) is 55.4 Å². The van der Waals surface area contributed by atoms with Crippen LogP contribution in [0.2, 0.25) is 19.6 Å². The highest BCUT2D eigenvalue weighted by molar-refractivity contribution is 7.93. The van der Waals surface area contributed by atoms with E-state index in [1.165, 1.54) is 0 Å². The number of hydrogen-bond donors (Lipinski definition) is 1. The van der Waals surface area contributed by atoms with Crippen molar-refractivity contribution in [1.29, 1.82) is 0 Å². The third kappa shape index (κ3) is 2.71. The summed E-state index contributed by atoms with van der Waals surface area (Å²) in [4.78, 5) is 0.378. The van der Waals surface area contributed by atoms with Crippen molar-refractivity contribution in [3.8, 4) is 0 Å². The third-order valence-corrected chi connectivity index (χ3v) is 6.01. The van der Waals surface area contributed by atoms with Gasteiger partial charge >= 0.3 is 0 Å². The van der Waals surface area contributed by atoms with E-state index in [2.05, 4.69) is 24.4 Å². The SMILES string of the molecule is C[Si](C)(C)OCCc1ccc2c3c(cccc13)S(=O)(=O)N2. The van der Waals surface area contributed by atoms with Crippen LogP contribution in [0.4, 0.5) is 5.69 Å². The maximum Gasteiger partial charge on any atom is 0.262 e. The number of sulfonamides is 1. The lowest BCUT2D eigenvalue weighted by molar-refractivity contribution is 0.316. The molecule has 3 rings (SSSR count). The van der Waals surface area contributed by atoms with Crippen LogP contribution in [-0.2, 0) is 20.9 Å². The van der Waals surface area contributed by atoms with Crippen molar-refractivity contribution in [2.45, 2.75) is 31.0 Å². The molecule has 1 N–H and O–H groups in total. The van der Waals surface area contributed by atoms with E-state index in [0.29, 0.717) is 17.2 Å². The number of nitrogens with one attached hydrogen (secondary N) is 1. The number of benzene rings is 2. The Morgan fingerprint density at radius 2 is 1.90 bits per heavy atom. The molecule has 0 amide bonds. The number of hydrogen-bond acceptors (Lipinski definition) is 3. The zero-order chi connectivity index (χ0) is 15.3. The monoisotopic (exact) mass is 321 g/mol. The van der Waals surface area contributed by atoms with Gasteiger partial charge in [0.1, 0.15) is 0 Å². The van der Waals surface area contributed by atoms with Crippen molar-refractivity contribution >= 4 is 34.8 Å². The molecule has 0 atom stereocenters. The summed E-state index contributed by atoms with van der Waals surface area (Å²) in [5.74, 6) is 0. The summed E-state index contributed by atoms with van der Waals surface area (Å²) in [6.45, 7) is 7.17. The Morgan fingerprint density at radius 1 is 1.14 bits per heavy atom. The lowest BCUT2D eigenvalue weighted by Gasteiger charge is -2.17. The van der Waals surface area contributed by atoms with E-state index in [9.17, 15) is 8.42 Å². The van der Waals surface area contributed by atoms with E-state index in [0.717, 1.165) is 22.8 Å².